The van der Waals surface area contributed by atoms with E-state index in [4.69, 9.17) is 23.2 Å². The summed E-state index contributed by atoms with van der Waals surface area (Å²) in [6.07, 6.45) is 3.86. The van der Waals surface area contributed by atoms with Crippen LogP contribution in [0.4, 0.5) is 5.69 Å². The number of hydrogen-bond donors (Lipinski definition) is 0. The van der Waals surface area contributed by atoms with Gasteiger partial charge < -0.3 is 4.90 Å². The Morgan fingerprint density at radius 1 is 1.12 bits per heavy atom. The predicted octanol–water partition coefficient (Wildman–Crippen LogP) is 2.94. The molecule has 1 atom stereocenters. The van der Waals surface area contributed by atoms with Crippen LogP contribution in [0.25, 0.3) is 0 Å². The van der Waals surface area contributed by atoms with Crippen LogP contribution in [0.3, 0.4) is 0 Å². The summed E-state index contributed by atoms with van der Waals surface area (Å²) in [5, 5.41) is 0. The number of sulfonamides is 1. The van der Waals surface area contributed by atoms with Crippen molar-refractivity contribution < 1.29 is 13.2 Å². The Labute approximate surface area is 157 Å². The van der Waals surface area contributed by atoms with Crippen LogP contribution in [0.15, 0.2) is 23.1 Å². The maximum atomic E-state index is 12.7. The van der Waals surface area contributed by atoms with Crippen molar-refractivity contribution >= 4 is 44.8 Å². The van der Waals surface area contributed by atoms with Crippen molar-refractivity contribution in [3.8, 4) is 0 Å². The number of alkyl halides is 2. The molecule has 8 heteroatoms. The van der Waals surface area contributed by atoms with Crippen LogP contribution in [-0.4, -0.2) is 42.6 Å². The minimum absolute atomic E-state index is 0.0684. The van der Waals surface area contributed by atoms with E-state index in [0.29, 0.717) is 31.0 Å². The molecule has 1 unspecified atom stereocenters. The Balaban J connectivity index is 1.63. The summed E-state index contributed by atoms with van der Waals surface area (Å²) < 4.78 is 26.1. The average molecular weight is 403 g/mol. The Bertz CT molecular complexity index is 819. The summed E-state index contributed by atoms with van der Waals surface area (Å²) in [5.41, 5.74) is 1.68. The molecule has 0 spiro atoms. The van der Waals surface area contributed by atoms with Gasteiger partial charge in [-0.3, -0.25) is 4.79 Å². The molecule has 25 heavy (non-hydrogen) atoms. The number of aryl methyl sites for hydroxylation is 1. The first-order chi connectivity index (χ1) is 11.8. The van der Waals surface area contributed by atoms with Gasteiger partial charge in [-0.25, -0.2) is 8.42 Å². The van der Waals surface area contributed by atoms with E-state index in [9.17, 15) is 13.2 Å². The largest absolute Gasteiger partial charge is 0.312 e. The van der Waals surface area contributed by atoms with Gasteiger partial charge in [0, 0.05) is 25.3 Å². The molecule has 0 aromatic heterocycles. The van der Waals surface area contributed by atoms with E-state index in [1.807, 2.05) is 0 Å². The molecule has 1 saturated carbocycles. The van der Waals surface area contributed by atoms with Gasteiger partial charge in [0.15, 0.2) is 0 Å². The van der Waals surface area contributed by atoms with Crippen molar-refractivity contribution in [2.75, 3.05) is 24.5 Å². The number of amides is 1. The molecule has 1 aromatic carbocycles. The Kier molecular flexibility index (Phi) is 4.30. The number of anilines is 1. The van der Waals surface area contributed by atoms with Gasteiger partial charge in [0.1, 0.15) is 4.33 Å². The van der Waals surface area contributed by atoms with E-state index in [-0.39, 0.29) is 11.8 Å². The molecule has 0 radical (unpaired) electrons. The molecule has 4 rings (SSSR count). The zero-order valence-electron chi connectivity index (χ0n) is 13.7. The minimum Gasteiger partial charge on any atom is -0.312 e. The molecule has 3 aliphatic rings. The van der Waals surface area contributed by atoms with E-state index < -0.39 is 14.4 Å². The smallest absolute Gasteiger partial charge is 0.243 e. The number of nitrogens with zero attached hydrogens (tertiary/aromatic N) is 2. The van der Waals surface area contributed by atoms with Crippen molar-refractivity contribution in [1.29, 1.82) is 0 Å². The molecule has 2 heterocycles. The van der Waals surface area contributed by atoms with Gasteiger partial charge in [0.05, 0.1) is 10.8 Å². The fourth-order valence-corrected chi connectivity index (χ4v) is 5.77. The molecule has 1 aromatic rings. The van der Waals surface area contributed by atoms with Crippen LogP contribution in [0.5, 0.6) is 0 Å². The van der Waals surface area contributed by atoms with Crippen molar-refractivity contribution in [3.05, 3.63) is 23.8 Å². The summed E-state index contributed by atoms with van der Waals surface area (Å²) >= 11 is 12.1. The van der Waals surface area contributed by atoms with Gasteiger partial charge in [-0.05, 0) is 55.9 Å². The third-order valence-electron chi connectivity index (χ3n) is 5.26. The molecule has 2 fully saturated rings. The zero-order chi connectivity index (χ0) is 17.8. The number of hydrogen-bond acceptors (Lipinski definition) is 3. The van der Waals surface area contributed by atoms with Crippen LogP contribution in [0.2, 0.25) is 0 Å². The lowest BCUT2D eigenvalue weighted by atomic mass is 10.0. The highest BCUT2D eigenvalue weighted by molar-refractivity contribution is 7.89. The highest BCUT2D eigenvalue weighted by Crippen LogP contribution is 2.54. The summed E-state index contributed by atoms with van der Waals surface area (Å²) in [6, 6.07) is 5.09. The van der Waals surface area contributed by atoms with Gasteiger partial charge in [0.25, 0.3) is 0 Å². The van der Waals surface area contributed by atoms with E-state index in [1.165, 1.54) is 0 Å². The fourth-order valence-electron chi connectivity index (χ4n) is 3.71. The fraction of sp³-hybridized carbons (Fsp3) is 0.588. The lowest BCUT2D eigenvalue weighted by molar-refractivity contribution is -0.119. The molecule has 0 bridgehead atoms. The molecule has 2 aliphatic heterocycles. The first-order valence-corrected chi connectivity index (χ1v) is 10.8. The van der Waals surface area contributed by atoms with Gasteiger partial charge >= 0.3 is 0 Å². The van der Waals surface area contributed by atoms with E-state index >= 15 is 0 Å². The summed E-state index contributed by atoms with van der Waals surface area (Å²) in [6.45, 7) is 1.78. The maximum Gasteiger partial charge on any atom is 0.243 e. The molecule has 0 N–H and O–H groups in total. The Hall–Kier alpha value is -0.820. The van der Waals surface area contributed by atoms with Crippen molar-refractivity contribution in [1.82, 2.24) is 4.31 Å². The lowest BCUT2D eigenvalue weighted by Gasteiger charge is -2.30. The number of carbonyl (C=O) groups excluding carboxylic acids is 1. The maximum absolute atomic E-state index is 12.7. The molecular weight excluding hydrogens is 383 g/mol. The normalized spacial score (nSPS) is 25.7. The van der Waals surface area contributed by atoms with Crippen LogP contribution < -0.4 is 4.90 Å². The van der Waals surface area contributed by atoms with Gasteiger partial charge in [-0.1, -0.05) is 0 Å². The monoisotopic (exact) mass is 402 g/mol. The number of halogens is 2. The standard InChI is InChI=1S/C17H20Cl2N2O3S/c18-17(19)11-14(17)16(22)21-9-3-4-12-10-13(5-6-15(12)21)25(23,24)20-7-1-2-8-20/h5-6,10,14H,1-4,7-9,11H2. The van der Waals surface area contributed by atoms with Gasteiger partial charge in [0.2, 0.25) is 15.9 Å². The van der Waals surface area contributed by atoms with Crippen LogP contribution >= 0.6 is 23.2 Å². The second-order valence-electron chi connectivity index (χ2n) is 7.01. The van der Waals surface area contributed by atoms with Crippen molar-refractivity contribution in [2.45, 2.75) is 41.3 Å². The third kappa shape index (κ3) is 3.07. The second-order valence-corrected chi connectivity index (χ2v) is 10.5. The Morgan fingerprint density at radius 3 is 2.44 bits per heavy atom. The number of rotatable bonds is 3. The molecule has 136 valence electrons. The zero-order valence-corrected chi connectivity index (χ0v) is 16.1. The topological polar surface area (TPSA) is 57.7 Å². The van der Waals surface area contributed by atoms with Crippen LogP contribution in [0, 0.1) is 5.92 Å². The van der Waals surface area contributed by atoms with Crippen LogP contribution in [0.1, 0.15) is 31.2 Å². The minimum atomic E-state index is -3.44. The summed E-state index contributed by atoms with van der Waals surface area (Å²) in [4.78, 5) is 14.7. The Morgan fingerprint density at radius 2 is 1.80 bits per heavy atom. The molecular formula is C17H20Cl2N2O3S. The van der Waals surface area contributed by atoms with Crippen molar-refractivity contribution in [2.24, 2.45) is 5.92 Å². The molecule has 5 nitrogen and oxygen atoms in total. The number of carbonyl (C=O) groups is 1. The SMILES string of the molecule is O=C(C1CC1(Cl)Cl)N1CCCc2cc(S(=O)(=O)N3CCCC3)ccc21. The first-order valence-electron chi connectivity index (χ1n) is 8.63. The first kappa shape index (κ1) is 17.6. The summed E-state index contributed by atoms with van der Waals surface area (Å²) in [5.74, 6) is -0.434. The quantitative estimate of drug-likeness (QED) is 0.730. The second kappa shape index (κ2) is 6.12. The lowest BCUT2D eigenvalue weighted by Crippen LogP contribution is -2.37. The van der Waals surface area contributed by atoms with Gasteiger partial charge in [-0.15, -0.1) is 23.2 Å². The van der Waals surface area contributed by atoms with Gasteiger partial charge in [-0.2, -0.15) is 4.31 Å². The average Bonchev–Trinajstić information content (AvgIpc) is 3.01. The van der Waals surface area contributed by atoms with E-state index in [1.54, 1.807) is 27.4 Å². The van der Waals surface area contributed by atoms with Crippen LogP contribution in [-0.2, 0) is 21.2 Å². The molecule has 1 saturated heterocycles. The number of benzene rings is 1. The molecule has 1 amide bonds. The highest BCUT2D eigenvalue weighted by Gasteiger charge is 2.57. The van der Waals surface area contributed by atoms with E-state index in [2.05, 4.69) is 0 Å². The number of fused-ring (bicyclic) bond motifs is 1. The third-order valence-corrected chi connectivity index (χ3v) is 7.99. The molecule has 1 aliphatic carbocycles. The summed E-state index contributed by atoms with van der Waals surface area (Å²) in [7, 11) is -3.44. The predicted molar refractivity (Wildman–Crippen MR) is 97.7 cm³/mol. The van der Waals surface area contributed by atoms with E-state index in [0.717, 1.165) is 36.9 Å². The van der Waals surface area contributed by atoms with Crippen molar-refractivity contribution in [3.63, 3.8) is 0 Å². The highest BCUT2D eigenvalue weighted by atomic mass is 35.5.